The molecule has 0 aromatic carbocycles. The first kappa shape index (κ1) is 10.5. The van der Waals surface area contributed by atoms with Crippen molar-refractivity contribution >= 4 is 11.7 Å². The molecule has 1 aromatic heterocycles. The lowest BCUT2D eigenvalue weighted by atomic mass is 10.2. The van der Waals surface area contributed by atoms with E-state index in [1.807, 2.05) is 6.92 Å². The Morgan fingerprint density at radius 3 is 2.79 bits per heavy atom. The van der Waals surface area contributed by atoms with E-state index in [4.69, 9.17) is 10.5 Å². The van der Waals surface area contributed by atoms with Gasteiger partial charge in [-0.2, -0.15) is 0 Å². The third kappa shape index (κ3) is 2.22. The van der Waals surface area contributed by atoms with Gasteiger partial charge in [0.2, 0.25) is 0 Å². The van der Waals surface area contributed by atoms with E-state index >= 15 is 0 Å². The molecular weight excluding hydrogens is 180 g/mol. The van der Waals surface area contributed by atoms with Gasteiger partial charge < -0.3 is 10.5 Å². The number of pyridine rings is 1. The monoisotopic (exact) mass is 194 g/mol. The van der Waals surface area contributed by atoms with Crippen LogP contribution >= 0.6 is 0 Å². The standard InChI is InChI=1S/C10H14N2O2/c1-3-7-5-8(11)9(12-6-7)10(13)14-4-2/h5-6H,3-4,11H2,1-2H3. The van der Waals surface area contributed by atoms with Crippen LogP contribution in [0.3, 0.4) is 0 Å². The maximum Gasteiger partial charge on any atom is 0.359 e. The SMILES string of the molecule is CCOC(=O)c1ncc(CC)cc1N. The minimum Gasteiger partial charge on any atom is -0.461 e. The number of hydrogen-bond acceptors (Lipinski definition) is 4. The van der Waals surface area contributed by atoms with Gasteiger partial charge in [0.05, 0.1) is 12.3 Å². The smallest absolute Gasteiger partial charge is 0.359 e. The van der Waals surface area contributed by atoms with Crippen molar-refractivity contribution in [3.05, 3.63) is 23.5 Å². The number of esters is 1. The summed E-state index contributed by atoms with van der Waals surface area (Å²) >= 11 is 0. The fourth-order valence-corrected chi connectivity index (χ4v) is 1.09. The molecule has 0 radical (unpaired) electrons. The molecule has 0 fully saturated rings. The van der Waals surface area contributed by atoms with Crippen LogP contribution in [0.2, 0.25) is 0 Å². The first-order valence-corrected chi connectivity index (χ1v) is 4.60. The molecule has 0 aliphatic heterocycles. The summed E-state index contributed by atoms with van der Waals surface area (Å²) in [6.45, 7) is 4.07. The van der Waals surface area contributed by atoms with Gasteiger partial charge in [0.1, 0.15) is 0 Å². The van der Waals surface area contributed by atoms with Crippen molar-refractivity contribution in [2.75, 3.05) is 12.3 Å². The van der Waals surface area contributed by atoms with Crippen LogP contribution in [0.1, 0.15) is 29.9 Å². The summed E-state index contributed by atoms with van der Waals surface area (Å²) in [5.41, 5.74) is 7.25. The summed E-state index contributed by atoms with van der Waals surface area (Å²) in [6, 6.07) is 1.75. The lowest BCUT2D eigenvalue weighted by Crippen LogP contribution is -2.10. The predicted octanol–water partition coefficient (Wildman–Crippen LogP) is 1.40. The summed E-state index contributed by atoms with van der Waals surface area (Å²) in [7, 11) is 0. The largest absolute Gasteiger partial charge is 0.461 e. The van der Waals surface area contributed by atoms with Crippen LogP contribution < -0.4 is 5.73 Å². The molecule has 0 unspecified atom stereocenters. The summed E-state index contributed by atoms with van der Waals surface area (Å²) in [4.78, 5) is 15.3. The van der Waals surface area contributed by atoms with Gasteiger partial charge in [-0.25, -0.2) is 9.78 Å². The maximum atomic E-state index is 11.3. The molecule has 76 valence electrons. The van der Waals surface area contributed by atoms with Crippen molar-refractivity contribution in [3.63, 3.8) is 0 Å². The van der Waals surface area contributed by atoms with Crippen LogP contribution in [0.5, 0.6) is 0 Å². The molecule has 1 aromatic rings. The van der Waals surface area contributed by atoms with E-state index in [0.29, 0.717) is 12.3 Å². The number of ether oxygens (including phenoxy) is 1. The summed E-state index contributed by atoms with van der Waals surface area (Å²) in [6.07, 6.45) is 2.49. The molecule has 0 spiro atoms. The molecule has 0 atom stereocenters. The van der Waals surface area contributed by atoms with Crippen molar-refractivity contribution in [2.24, 2.45) is 0 Å². The number of nitrogens with two attached hydrogens (primary N) is 1. The normalized spacial score (nSPS) is 9.86. The second-order valence-electron chi connectivity index (χ2n) is 2.86. The molecule has 4 nitrogen and oxygen atoms in total. The van der Waals surface area contributed by atoms with Crippen LogP contribution in [0.15, 0.2) is 12.3 Å². The lowest BCUT2D eigenvalue weighted by molar-refractivity contribution is 0.0521. The highest BCUT2D eigenvalue weighted by molar-refractivity contribution is 5.92. The van der Waals surface area contributed by atoms with E-state index in [-0.39, 0.29) is 5.69 Å². The van der Waals surface area contributed by atoms with E-state index in [9.17, 15) is 4.79 Å². The average molecular weight is 194 g/mol. The van der Waals surface area contributed by atoms with Crippen LogP contribution in [0.4, 0.5) is 5.69 Å². The van der Waals surface area contributed by atoms with Gasteiger partial charge in [0, 0.05) is 6.20 Å². The number of hydrogen-bond donors (Lipinski definition) is 1. The molecule has 0 aliphatic carbocycles. The number of carbonyl (C=O) groups excluding carboxylic acids is 1. The third-order valence-electron chi connectivity index (χ3n) is 1.85. The van der Waals surface area contributed by atoms with Crippen molar-refractivity contribution in [2.45, 2.75) is 20.3 Å². The molecule has 0 saturated carbocycles. The van der Waals surface area contributed by atoms with Gasteiger partial charge >= 0.3 is 5.97 Å². The van der Waals surface area contributed by atoms with E-state index in [1.165, 1.54) is 0 Å². The fourth-order valence-electron chi connectivity index (χ4n) is 1.09. The molecule has 0 saturated heterocycles. The Morgan fingerprint density at radius 1 is 1.57 bits per heavy atom. The summed E-state index contributed by atoms with van der Waals surface area (Å²) < 4.78 is 4.80. The molecule has 2 N–H and O–H groups in total. The first-order valence-electron chi connectivity index (χ1n) is 4.60. The molecule has 0 amide bonds. The number of aromatic nitrogens is 1. The maximum absolute atomic E-state index is 11.3. The van der Waals surface area contributed by atoms with E-state index in [1.54, 1.807) is 19.2 Å². The Morgan fingerprint density at radius 2 is 2.29 bits per heavy atom. The Labute approximate surface area is 83.1 Å². The zero-order valence-corrected chi connectivity index (χ0v) is 8.41. The van der Waals surface area contributed by atoms with Gasteiger partial charge in [-0.05, 0) is 25.0 Å². The Balaban J connectivity index is 2.94. The van der Waals surface area contributed by atoms with Crippen LogP contribution in [-0.4, -0.2) is 17.6 Å². The predicted molar refractivity (Wildman–Crippen MR) is 54.0 cm³/mol. The average Bonchev–Trinajstić information content (AvgIpc) is 2.17. The first-order chi connectivity index (χ1) is 6.69. The molecule has 1 rings (SSSR count). The van der Waals surface area contributed by atoms with Crippen molar-refractivity contribution in [3.8, 4) is 0 Å². The molecule has 0 bridgehead atoms. The number of rotatable bonds is 3. The van der Waals surface area contributed by atoms with Crippen LogP contribution in [-0.2, 0) is 11.2 Å². The zero-order valence-electron chi connectivity index (χ0n) is 8.41. The van der Waals surface area contributed by atoms with Crippen molar-refractivity contribution < 1.29 is 9.53 Å². The lowest BCUT2D eigenvalue weighted by Gasteiger charge is -2.05. The highest BCUT2D eigenvalue weighted by Crippen LogP contribution is 2.12. The quantitative estimate of drug-likeness (QED) is 0.739. The van der Waals surface area contributed by atoms with Gasteiger partial charge in [-0.3, -0.25) is 0 Å². The van der Waals surface area contributed by atoms with E-state index < -0.39 is 5.97 Å². The Hall–Kier alpha value is -1.58. The number of aryl methyl sites for hydroxylation is 1. The van der Waals surface area contributed by atoms with Gasteiger partial charge in [0.25, 0.3) is 0 Å². The van der Waals surface area contributed by atoms with Crippen molar-refractivity contribution in [1.82, 2.24) is 4.98 Å². The highest BCUT2D eigenvalue weighted by Gasteiger charge is 2.12. The molecule has 14 heavy (non-hydrogen) atoms. The summed E-state index contributed by atoms with van der Waals surface area (Å²) in [5.74, 6) is -0.465. The second-order valence-corrected chi connectivity index (χ2v) is 2.86. The Kier molecular flexibility index (Phi) is 3.45. The second kappa shape index (κ2) is 4.60. The minimum atomic E-state index is -0.465. The van der Waals surface area contributed by atoms with Gasteiger partial charge in [-0.15, -0.1) is 0 Å². The van der Waals surface area contributed by atoms with Crippen LogP contribution in [0, 0.1) is 0 Å². The molecule has 4 heteroatoms. The minimum absolute atomic E-state index is 0.198. The molecule has 0 aliphatic rings. The number of nitrogens with zero attached hydrogens (tertiary/aromatic N) is 1. The van der Waals surface area contributed by atoms with Crippen LogP contribution in [0.25, 0.3) is 0 Å². The molecule has 1 heterocycles. The van der Waals surface area contributed by atoms with Gasteiger partial charge in [0.15, 0.2) is 5.69 Å². The Bertz CT molecular complexity index is 337. The topological polar surface area (TPSA) is 65.2 Å². The fraction of sp³-hybridized carbons (Fsp3) is 0.400. The van der Waals surface area contributed by atoms with E-state index in [0.717, 1.165) is 12.0 Å². The van der Waals surface area contributed by atoms with Crippen molar-refractivity contribution in [1.29, 1.82) is 0 Å². The van der Waals surface area contributed by atoms with Gasteiger partial charge in [-0.1, -0.05) is 6.92 Å². The third-order valence-corrected chi connectivity index (χ3v) is 1.85. The highest BCUT2D eigenvalue weighted by atomic mass is 16.5. The molecular formula is C10H14N2O2. The summed E-state index contributed by atoms with van der Waals surface area (Å²) in [5, 5.41) is 0. The number of carbonyl (C=O) groups is 1. The zero-order chi connectivity index (χ0) is 10.6. The number of anilines is 1. The number of nitrogen functional groups attached to an aromatic ring is 1. The van der Waals surface area contributed by atoms with E-state index in [2.05, 4.69) is 4.98 Å².